The van der Waals surface area contributed by atoms with E-state index in [-0.39, 0.29) is 0 Å². The van der Waals surface area contributed by atoms with Crippen LogP contribution < -0.4 is 20.3 Å². The van der Waals surface area contributed by atoms with Crippen molar-refractivity contribution in [2.75, 3.05) is 22.6 Å². The van der Waals surface area contributed by atoms with E-state index in [1.54, 1.807) is 36.4 Å². The molecular weight excluding hydrogens is 424 g/mol. The van der Waals surface area contributed by atoms with E-state index in [9.17, 15) is 4.79 Å². The Bertz CT molecular complexity index is 1240. The van der Waals surface area contributed by atoms with Gasteiger partial charge in [0.05, 0.1) is 17.3 Å². The maximum absolute atomic E-state index is 12.6. The van der Waals surface area contributed by atoms with Gasteiger partial charge in [-0.05, 0) is 61.4 Å². The van der Waals surface area contributed by atoms with E-state index in [0.717, 1.165) is 17.7 Å². The van der Waals surface area contributed by atoms with Gasteiger partial charge < -0.3 is 20.3 Å². The van der Waals surface area contributed by atoms with Gasteiger partial charge >= 0.3 is 6.03 Å². The van der Waals surface area contributed by atoms with Crippen LogP contribution in [0.25, 0.3) is 0 Å². The quantitative estimate of drug-likeness (QED) is 0.295. The number of anilines is 3. The van der Waals surface area contributed by atoms with Gasteiger partial charge in [0, 0.05) is 24.5 Å². The molecule has 3 aromatic carbocycles. The number of nitrogens with zero attached hydrogens (tertiary/aromatic N) is 2. The lowest BCUT2D eigenvalue weighted by Crippen LogP contribution is -2.23. The predicted molar refractivity (Wildman–Crippen MR) is 138 cm³/mol. The monoisotopic (exact) mass is 452 g/mol. The lowest BCUT2D eigenvalue weighted by Gasteiger charge is -2.26. The first-order valence-electron chi connectivity index (χ1n) is 10.9. The molecule has 0 unspecified atom stereocenters. The molecule has 3 aromatic rings. The number of nitriles is 1. The Labute approximate surface area is 200 Å². The van der Waals surface area contributed by atoms with Crippen LogP contribution in [0.2, 0.25) is 0 Å². The summed E-state index contributed by atoms with van der Waals surface area (Å²) in [5.41, 5.74) is 4.66. The molecule has 0 aliphatic carbocycles. The molecule has 3 rings (SSSR count). The van der Waals surface area contributed by atoms with Crippen molar-refractivity contribution < 1.29 is 9.53 Å². The second kappa shape index (κ2) is 11.4. The number of carbonyl (C=O) groups excluding carboxylic acids is 1. The summed E-state index contributed by atoms with van der Waals surface area (Å²) in [6.45, 7) is 8.02. The Hall–Kier alpha value is -4.50. The molecule has 172 valence electrons. The third-order valence-electron chi connectivity index (χ3n) is 5.06. The van der Waals surface area contributed by atoms with E-state index >= 15 is 0 Å². The number of para-hydroxylation sites is 3. The summed E-state index contributed by atoms with van der Waals surface area (Å²) in [5, 5.41) is 14.5. The molecule has 6 nitrogen and oxygen atoms in total. The molecule has 0 bridgehead atoms. The predicted octanol–water partition coefficient (Wildman–Crippen LogP) is 6.70. The van der Waals surface area contributed by atoms with Crippen LogP contribution >= 0.6 is 0 Å². The topological polar surface area (TPSA) is 77.4 Å². The number of allylic oxidation sites excluding steroid dienone is 2. The molecule has 0 saturated carbocycles. The Balaban J connectivity index is 1.82. The maximum atomic E-state index is 12.6. The Morgan fingerprint density at radius 2 is 1.74 bits per heavy atom. The first kappa shape index (κ1) is 24.1. The first-order valence-corrected chi connectivity index (χ1v) is 10.9. The lowest BCUT2D eigenvalue weighted by molar-refractivity contribution is 0.262. The Morgan fingerprint density at radius 3 is 2.41 bits per heavy atom. The molecule has 0 aromatic heterocycles. The molecule has 0 aliphatic rings. The molecule has 0 spiro atoms. The van der Waals surface area contributed by atoms with E-state index < -0.39 is 6.03 Å². The molecule has 34 heavy (non-hydrogen) atoms. The molecule has 0 heterocycles. The van der Waals surface area contributed by atoms with Gasteiger partial charge in [-0.1, -0.05) is 49.4 Å². The van der Waals surface area contributed by atoms with E-state index in [4.69, 9.17) is 10.00 Å². The second-order valence-electron chi connectivity index (χ2n) is 7.74. The van der Waals surface area contributed by atoms with Gasteiger partial charge in [0.2, 0.25) is 5.88 Å². The standard InChI is InChI=1S/C28H28N4O2/c1-5-22-10-6-8-12-25(22)32(4)27(18-20(2)3)34-26-13-9-7-11-24(26)31-28(33)30-23-16-14-21(19-29)15-17-23/h6-18H,2,5H2,1,3-4H3,(H2,30,31,33)/b27-18+. The number of rotatable bonds is 8. The van der Waals surface area contributed by atoms with Crippen molar-refractivity contribution in [2.24, 2.45) is 0 Å². The minimum Gasteiger partial charge on any atom is -0.439 e. The third kappa shape index (κ3) is 6.27. The van der Waals surface area contributed by atoms with Crippen molar-refractivity contribution >= 4 is 23.1 Å². The molecule has 6 heteroatoms. The zero-order valence-electron chi connectivity index (χ0n) is 19.6. The van der Waals surface area contributed by atoms with Gasteiger partial charge in [-0.2, -0.15) is 5.26 Å². The Morgan fingerprint density at radius 1 is 1.06 bits per heavy atom. The Kier molecular flexibility index (Phi) is 8.09. The van der Waals surface area contributed by atoms with Crippen molar-refractivity contribution in [2.45, 2.75) is 20.3 Å². The SMILES string of the molecule is C=C(C)/C=C(/Oc1ccccc1NC(=O)Nc1ccc(C#N)cc1)N(C)c1ccccc1CC. The number of hydrogen-bond acceptors (Lipinski definition) is 4. The summed E-state index contributed by atoms with van der Waals surface area (Å²) in [7, 11) is 1.94. The van der Waals surface area contributed by atoms with Gasteiger partial charge in [-0.15, -0.1) is 0 Å². The van der Waals surface area contributed by atoms with E-state index in [1.165, 1.54) is 5.56 Å². The number of urea groups is 1. The smallest absolute Gasteiger partial charge is 0.323 e. The number of benzene rings is 3. The summed E-state index contributed by atoms with van der Waals surface area (Å²) < 4.78 is 6.30. The van der Waals surface area contributed by atoms with E-state index in [1.807, 2.05) is 55.3 Å². The minimum atomic E-state index is -0.420. The molecular formula is C28H28N4O2. The highest BCUT2D eigenvalue weighted by Gasteiger charge is 2.15. The largest absolute Gasteiger partial charge is 0.439 e. The van der Waals surface area contributed by atoms with E-state index in [0.29, 0.717) is 28.6 Å². The molecule has 0 aliphatic heterocycles. The van der Waals surface area contributed by atoms with Crippen LogP contribution in [0, 0.1) is 11.3 Å². The molecule has 2 N–H and O–H groups in total. The molecule has 0 atom stereocenters. The second-order valence-corrected chi connectivity index (χ2v) is 7.74. The van der Waals surface area contributed by atoms with Gasteiger partial charge in [-0.3, -0.25) is 0 Å². The summed E-state index contributed by atoms with van der Waals surface area (Å²) in [6.07, 6.45) is 2.74. The van der Waals surface area contributed by atoms with Crippen LogP contribution in [0.3, 0.4) is 0 Å². The highest BCUT2D eigenvalue weighted by molar-refractivity contribution is 6.00. The van der Waals surface area contributed by atoms with Crippen molar-refractivity contribution in [1.82, 2.24) is 0 Å². The fourth-order valence-electron chi connectivity index (χ4n) is 3.35. The summed E-state index contributed by atoms with van der Waals surface area (Å²) >= 11 is 0. The number of hydrogen-bond donors (Lipinski definition) is 2. The van der Waals surface area contributed by atoms with Crippen molar-refractivity contribution in [3.63, 3.8) is 0 Å². The highest BCUT2D eigenvalue weighted by atomic mass is 16.5. The van der Waals surface area contributed by atoms with Gasteiger partial charge in [-0.25, -0.2) is 4.79 Å². The number of amides is 2. The van der Waals surface area contributed by atoms with Crippen molar-refractivity contribution in [1.29, 1.82) is 5.26 Å². The van der Waals surface area contributed by atoms with Crippen LogP contribution in [0.15, 0.2) is 96.9 Å². The van der Waals surface area contributed by atoms with E-state index in [2.05, 4.69) is 36.3 Å². The van der Waals surface area contributed by atoms with Crippen molar-refractivity contribution in [3.05, 3.63) is 108 Å². The van der Waals surface area contributed by atoms with Crippen LogP contribution in [0.1, 0.15) is 25.0 Å². The first-order chi connectivity index (χ1) is 16.4. The van der Waals surface area contributed by atoms with Crippen LogP contribution in [0.5, 0.6) is 5.75 Å². The van der Waals surface area contributed by atoms with Crippen molar-refractivity contribution in [3.8, 4) is 11.8 Å². The molecule has 0 saturated heterocycles. The minimum absolute atomic E-state index is 0.420. The average Bonchev–Trinajstić information content (AvgIpc) is 2.84. The maximum Gasteiger partial charge on any atom is 0.323 e. The molecule has 0 fully saturated rings. The zero-order valence-corrected chi connectivity index (χ0v) is 19.6. The highest BCUT2D eigenvalue weighted by Crippen LogP contribution is 2.30. The summed E-state index contributed by atoms with van der Waals surface area (Å²) in [5.74, 6) is 1.07. The molecule has 2 amide bonds. The zero-order chi connectivity index (χ0) is 24.5. The normalized spacial score (nSPS) is 10.7. The number of aryl methyl sites for hydroxylation is 1. The van der Waals surface area contributed by atoms with Crippen LogP contribution in [-0.4, -0.2) is 13.1 Å². The fourth-order valence-corrected chi connectivity index (χ4v) is 3.35. The summed E-state index contributed by atoms with van der Waals surface area (Å²) in [6, 6.07) is 23.6. The number of carbonyl (C=O) groups is 1. The fraction of sp³-hybridized carbons (Fsp3) is 0.143. The van der Waals surface area contributed by atoms with Gasteiger partial charge in [0.15, 0.2) is 5.75 Å². The molecule has 0 radical (unpaired) electrons. The van der Waals surface area contributed by atoms with Crippen LogP contribution in [0.4, 0.5) is 21.9 Å². The third-order valence-corrected chi connectivity index (χ3v) is 5.06. The number of nitrogens with one attached hydrogen (secondary N) is 2. The van der Waals surface area contributed by atoms with Crippen LogP contribution in [-0.2, 0) is 6.42 Å². The van der Waals surface area contributed by atoms with Gasteiger partial charge in [0.1, 0.15) is 0 Å². The van der Waals surface area contributed by atoms with Gasteiger partial charge in [0.25, 0.3) is 0 Å². The lowest BCUT2D eigenvalue weighted by atomic mass is 10.1. The average molecular weight is 453 g/mol. The number of ether oxygens (including phenoxy) is 1. The summed E-state index contributed by atoms with van der Waals surface area (Å²) in [4.78, 5) is 14.6.